The van der Waals surface area contributed by atoms with E-state index in [1.54, 1.807) is 0 Å². The molecule has 5 nitrogen and oxygen atoms in total. The molecule has 1 aromatic rings. The maximum atomic E-state index is 12.4. The van der Waals surface area contributed by atoms with Crippen LogP contribution in [-0.4, -0.2) is 37.4 Å². The summed E-state index contributed by atoms with van der Waals surface area (Å²) in [5.74, 6) is 1.63. The summed E-state index contributed by atoms with van der Waals surface area (Å²) in [7, 11) is 0. The molecule has 1 heterocycles. The van der Waals surface area contributed by atoms with Gasteiger partial charge in [0.05, 0.1) is 18.8 Å². The first-order chi connectivity index (χ1) is 12.8. The topological polar surface area (TPSA) is 56.8 Å². The average molecular weight is 361 g/mol. The van der Waals surface area contributed by atoms with Gasteiger partial charge in [-0.05, 0) is 64.0 Å². The molecule has 1 amide bonds. The van der Waals surface area contributed by atoms with Gasteiger partial charge in [0.1, 0.15) is 6.10 Å². The Morgan fingerprint density at radius 1 is 1.15 bits per heavy atom. The van der Waals surface area contributed by atoms with Crippen LogP contribution in [0, 0.1) is 0 Å². The molecule has 1 saturated heterocycles. The summed E-state index contributed by atoms with van der Waals surface area (Å²) in [6.45, 7) is 3.41. The molecule has 1 aliphatic carbocycles. The van der Waals surface area contributed by atoms with E-state index in [1.807, 2.05) is 31.2 Å². The molecule has 26 heavy (non-hydrogen) atoms. The minimum atomic E-state index is 0.00601. The Balaban J connectivity index is 1.49. The minimum absolute atomic E-state index is 0.00601. The van der Waals surface area contributed by atoms with Gasteiger partial charge in [-0.15, -0.1) is 0 Å². The molecule has 3 atom stereocenters. The minimum Gasteiger partial charge on any atom is -0.490 e. The number of carbonyl (C=O) groups is 1. The highest BCUT2D eigenvalue weighted by Gasteiger charge is 2.31. The van der Waals surface area contributed by atoms with Crippen molar-refractivity contribution in [1.82, 2.24) is 5.32 Å². The normalized spacial score (nSPS) is 25.7. The molecule has 0 bridgehead atoms. The number of para-hydroxylation sites is 2. The Morgan fingerprint density at radius 2 is 2.00 bits per heavy atom. The average Bonchev–Trinajstić information content (AvgIpc) is 3.09. The van der Waals surface area contributed by atoms with Gasteiger partial charge >= 0.3 is 0 Å². The predicted octanol–water partition coefficient (Wildman–Crippen LogP) is 3.85. The first-order valence-corrected chi connectivity index (χ1v) is 10.1. The van der Waals surface area contributed by atoms with E-state index in [0.717, 1.165) is 56.6 Å². The van der Waals surface area contributed by atoms with E-state index in [9.17, 15) is 4.79 Å². The number of amides is 1. The van der Waals surface area contributed by atoms with Crippen LogP contribution in [0.2, 0.25) is 0 Å². The van der Waals surface area contributed by atoms with Crippen LogP contribution >= 0.6 is 0 Å². The molecule has 0 aromatic heterocycles. The van der Waals surface area contributed by atoms with Crippen molar-refractivity contribution in [2.75, 3.05) is 13.2 Å². The molecule has 0 unspecified atom stereocenters. The third-order valence-corrected chi connectivity index (χ3v) is 5.19. The molecule has 0 radical (unpaired) electrons. The highest BCUT2D eigenvalue weighted by molar-refractivity contribution is 5.76. The second-order valence-electron chi connectivity index (χ2n) is 7.17. The number of hydrogen-bond donors (Lipinski definition) is 1. The van der Waals surface area contributed by atoms with E-state index < -0.39 is 0 Å². The van der Waals surface area contributed by atoms with Crippen molar-refractivity contribution in [3.63, 3.8) is 0 Å². The molecule has 2 fully saturated rings. The zero-order chi connectivity index (χ0) is 18.2. The number of hydrogen-bond acceptors (Lipinski definition) is 4. The molecule has 1 saturated carbocycles. The fourth-order valence-corrected chi connectivity index (χ4v) is 3.82. The third-order valence-electron chi connectivity index (χ3n) is 5.19. The van der Waals surface area contributed by atoms with Crippen molar-refractivity contribution < 1.29 is 19.0 Å². The fraction of sp³-hybridized carbons (Fsp3) is 0.667. The molecule has 144 valence electrons. The summed E-state index contributed by atoms with van der Waals surface area (Å²) in [5.41, 5.74) is 0. The summed E-state index contributed by atoms with van der Waals surface area (Å²) in [5, 5.41) is 3.18. The Morgan fingerprint density at radius 3 is 2.77 bits per heavy atom. The standard InChI is InChI=1S/C21H31NO4/c1-2-24-19-10-3-4-11-20(19)26-18-12-7-9-17(18)22-21(23)14-13-16-8-5-6-15-25-16/h3-4,10-11,16-18H,2,5-9,12-15H2,1H3,(H,22,23)/t16-,17+,18-/m1/s1. The zero-order valence-corrected chi connectivity index (χ0v) is 15.7. The summed E-state index contributed by atoms with van der Waals surface area (Å²) in [6.07, 6.45) is 8.03. The van der Waals surface area contributed by atoms with Crippen molar-refractivity contribution in [1.29, 1.82) is 0 Å². The van der Waals surface area contributed by atoms with Crippen LogP contribution < -0.4 is 14.8 Å². The van der Waals surface area contributed by atoms with Gasteiger partial charge in [0.2, 0.25) is 5.91 Å². The lowest BCUT2D eigenvalue weighted by atomic mass is 10.0. The molecule has 1 aromatic carbocycles. The highest BCUT2D eigenvalue weighted by Crippen LogP contribution is 2.31. The first-order valence-electron chi connectivity index (χ1n) is 10.1. The first kappa shape index (κ1) is 19.0. The van der Waals surface area contributed by atoms with Crippen molar-refractivity contribution in [3.8, 4) is 11.5 Å². The van der Waals surface area contributed by atoms with E-state index >= 15 is 0 Å². The van der Waals surface area contributed by atoms with Gasteiger partial charge in [0.15, 0.2) is 11.5 Å². The lowest BCUT2D eigenvalue weighted by Crippen LogP contribution is -2.42. The smallest absolute Gasteiger partial charge is 0.220 e. The molecular formula is C21H31NO4. The van der Waals surface area contributed by atoms with Gasteiger partial charge in [-0.25, -0.2) is 0 Å². The van der Waals surface area contributed by atoms with Crippen LogP contribution in [0.5, 0.6) is 11.5 Å². The Labute approximate surface area is 156 Å². The quantitative estimate of drug-likeness (QED) is 0.764. The van der Waals surface area contributed by atoms with E-state index in [1.165, 1.54) is 6.42 Å². The number of carbonyl (C=O) groups excluding carboxylic acids is 1. The van der Waals surface area contributed by atoms with Crippen LogP contribution in [0.1, 0.15) is 58.3 Å². The lowest BCUT2D eigenvalue weighted by Gasteiger charge is -2.25. The van der Waals surface area contributed by atoms with E-state index in [4.69, 9.17) is 14.2 Å². The number of ether oxygens (including phenoxy) is 3. The van der Waals surface area contributed by atoms with Gasteiger partial charge in [-0.1, -0.05) is 12.1 Å². The van der Waals surface area contributed by atoms with Crippen LogP contribution in [0.4, 0.5) is 0 Å². The Hall–Kier alpha value is -1.75. The molecule has 0 spiro atoms. The zero-order valence-electron chi connectivity index (χ0n) is 15.7. The van der Waals surface area contributed by atoms with Crippen molar-refractivity contribution >= 4 is 5.91 Å². The van der Waals surface area contributed by atoms with Crippen molar-refractivity contribution in [2.45, 2.75) is 76.5 Å². The second-order valence-corrected chi connectivity index (χ2v) is 7.17. The molecule has 3 rings (SSSR count). The van der Waals surface area contributed by atoms with Gasteiger partial charge < -0.3 is 19.5 Å². The van der Waals surface area contributed by atoms with Gasteiger partial charge in [-0.2, -0.15) is 0 Å². The fourth-order valence-electron chi connectivity index (χ4n) is 3.82. The molecule has 2 aliphatic rings. The van der Waals surface area contributed by atoms with E-state index in [-0.39, 0.29) is 24.2 Å². The number of nitrogens with one attached hydrogen (secondary N) is 1. The number of rotatable bonds is 8. The molecule has 1 N–H and O–H groups in total. The molecular weight excluding hydrogens is 330 g/mol. The van der Waals surface area contributed by atoms with Crippen LogP contribution in [-0.2, 0) is 9.53 Å². The second kappa shape index (κ2) is 9.81. The largest absolute Gasteiger partial charge is 0.490 e. The monoisotopic (exact) mass is 361 g/mol. The summed E-state index contributed by atoms with van der Waals surface area (Å²) >= 11 is 0. The summed E-state index contributed by atoms with van der Waals surface area (Å²) < 4.78 is 17.6. The van der Waals surface area contributed by atoms with Crippen LogP contribution in [0.15, 0.2) is 24.3 Å². The molecule has 1 aliphatic heterocycles. The maximum absolute atomic E-state index is 12.4. The third kappa shape index (κ3) is 5.37. The summed E-state index contributed by atoms with van der Waals surface area (Å²) in [4.78, 5) is 12.4. The van der Waals surface area contributed by atoms with Crippen molar-refractivity contribution in [2.24, 2.45) is 0 Å². The van der Waals surface area contributed by atoms with E-state index in [2.05, 4.69) is 5.32 Å². The molecule has 5 heteroatoms. The highest BCUT2D eigenvalue weighted by atomic mass is 16.5. The summed E-state index contributed by atoms with van der Waals surface area (Å²) in [6, 6.07) is 7.82. The Kier molecular flexibility index (Phi) is 7.18. The van der Waals surface area contributed by atoms with E-state index in [0.29, 0.717) is 13.0 Å². The van der Waals surface area contributed by atoms with Gasteiger partial charge in [-0.3, -0.25) is 4.79 Å². The maximum Gasteiger partial charge on any atom is 0.220 e. The van der Waals surface area contributed by atoms with Gasteiger partial charge in [0, 0.05) is 13.0 Å². The predicted molar refractivity (Wildman–Crippen MR) is 101 cm³/mol. The van der Waals surface area contributed by atoms with Crippen molar-refractivity contribution in [3.05, 3.63) is 24.3 Å². The van der Waals surface area contributed by atoms with Gasteiger partial charge in [0.25, 0.3) is 0 Å². The van der Waals surface area contributed by atoms with Crippen LogP contribution in [0.25, 0.3) is 0 Å². The number of benzene rings is 1. The Bertz CT molecular complexity index is 571. The SMILES string of the molecule is CCOc1ccccc1O[C@@H]1CCC[C@@H]1NC(=O)CC[C@H]1CCCCO1. The van der Waals surface area contributed by atoms with Crippen LogP contribution in [0.3, 0.4) is 0 Å². The lowest BCUT2D eigenvalue weighted by molar-refractivity contribution is -0.123.